The molecular weight excluding hydrogens is 577 g/mol. The number of aromatic amines is 1. The molecule has 1 aliphatic rings. The monoisotopic (exact) mass is 617 g/mol. The van der Waals surface area contributed by atoms with Gasteiger partial charge in [-0.2, -0.15) is 0 Å². The van der Waals surface area contributed by atoms with Gasteiger partial charge in [-0.3, -0.25) is 9.59 Å². The molecule has 44 heavy (non-hydrogen) atoms. The van der Waals surface area contributed by atoms with E-state index in [9.17, 15) is 19.2 Å². The minimum atomic E-state index is -2.57. The molecule has 5 rings (SSSR count). The molecule has 1 aliphatic carbocycles. The zero-order valence-corrected chi connectivity index (χ0v) is 27.1. The number of pyridine rings is 1. The first-order valence-corrected chi connectivity index (χ1v) is 18.0. The molecule has 0 spiro atoms. The molecule has 0 unspecified atom stereocenters. The van der Waals surface area contributed by atoms with E-state index in [4.69, 9.17) is 4.74 Å². The van der Waals surface area contributed by atoms with Crippen LogP contribution in [0.2, 0.25) is 18.1 Å². The van der Waals surface area contributed by atoms with Crippen molar-refractivity contribution in [2.45, 2.75) is 70.5 Å². The third-order valence-corrected chi connectivity index (χ3v) is 12.7. The van der Waals surface area contributed by atoms with E-state index in [2.05, 4.69) is 10.3 Å². The number of nitrogens with one attached hydrogen (secondary N) is 2. The highest BCUT2D eigenvalue weighted by atomic mass is 28.4. The van der Waals surface area contributed by atoms with Gasteiger partial charge in [0.15, 0.2) is 8.32 Å². The lowest BCUT2D eigenvalue weighted by Crippen LogP contribution is -2.39. The first kappa shape index (κ1) is 31.4. The van der Waals surface area contributed by atoms with Crippen LogP contribution < -0.4 is 10.9 Å². The number of fused-ring (bicyclic) bond motifs is 1. The molecule has 8 nitrogen and oxygen atoms in total. The molecule has 2 aromatic heterocycles. The number of ether oxygens (including phenoxy) is 1. The van der Waals surface area contributed by atoms with Crippen LogP contribution >= 0.6 is 0 Å². The Bertz CT molecular complexity index is 1810. The van der Waals surface area contributed by atoms with Crippen LogP contribution in [0.15, 0.2) is 53.5 Å². The average Bonchev–Trinajstić information content (AvgIpc) is 3.71. The molecule has 0 atom stereocenters. The van der Waals surface area contributed by atoms with Crippen molar-refractivity contribution in [3.8, 4) is 11.1 Å². The summed E-state index contributed by atoms with van der Waals surface area (Å²) in [4.78, 5) is 53.1. The number of anilines is 1. The van der Waals surface area contributed by atoms with Gasteiger partial charge in [-0.05, 0) is 97.6 Å². The summed E-state index contributed by atoms with van der Waals surface area (Å²) < 4.78 is 21.7. The van der Waals surface area contributed by atoms with Crippen molar-refractivity contribution in [1.29, 1.82) is 0 Å². The van der Waals surface area contributed by atoms with E-state index >= 15 is 4.39 Å². The van der Waals surface area contributed by atoms with Crippen molar-refractivity contribution in [2.75, 3.05) is 11.9 Å². The zero-order chi connectivity index (χ0) is 32.0. The number of halogens is 1. The first-order chi connectivity index (χ1) is 20.7. The van der Waals surface area contributed by atoms with Crippen LogP contribution in [0.4, 0.5) is 10.1 Å². The Morgan fingerprint density at radius 2 is 1.89 bits per heavy atom. The molecule has 232 valence electrons. The van der Waals surface area contributed by atoms with Gasteiger partial charge in [-0.1, -0.05) is 32.0 Å². The molecule has 3 N–H and O–H groups in total. The molecule has 1 fully saturated rings. The van der Waals surface area contributed by atoms with Gasteiger partial charge in [0.25, 0.3) is 11.5 Å². The first-order valence-electron chi connectivity index (χ1n) is 15.1. The van der Waals surface area contributed by atoms with Crippen LogP contribution in [-0.2, 0) is 18.2 Å². The van der Waals surface area contributed by atoms with Crippen molar-refractivity contribution in [1.82, 2.24) is 9.55 Å². The Hall–Kier alpha value is -4.02. The molecule has 2 aromatic carbocycles. The highest BCUT2D eigenvalue weighted by Gasteiger charge is 2.38. The molecule has 0 aliphatic heterocycles. The maximum Gasteiger partial charge on any atom is 0.354 e. The number of carbonyl (C=O) groups is 2. The minimum absolute atomic E-state index is 0.0378. The largest absolute Gasteiger partial charge is 0.461 e. The number of H-pyrrole nitrogens is 1. The van der Waals surface area contributed by atoms with Crippen LogP contribution in [0.5, 0.6) is 0 Å². The summed E-state index contributed by atoms with van der Waals surface area (Å²) in [6.45, 7) is 9.79. The van der Waals surface area contributed by atoms with Gasteiger partial charge in [0.1, 0.15) is 17.0 Å². The molecular formula is C34H40FN3O5Si. The van der Waals surface area contributed by atoms with E-state index in [1.54, 1.807) is 38.4 Å². The third-order valence-electron chi connectivity index (χ3n) is 9.12. The normalized spacial score (nSPS) is 13.7. The van der Waals surface area contributed by atoms with Crippen LogP contribution in [0, 0.1) is 5.82 Å². The van der Waals surface area contributed by atoms with Gasteiger partial charge < -0.3 is 24.4 Å². The van der Waals surface area contributed by atoms with Gasteiger partial charge >= 0.3 is 5.97 Å². The van der Waals surface area contributed by atoms with Crippen LogP contribution in [0.1, 0.15) is 77.9 Å². The zero-order valence-electron chi connectivity index (χ0n) is 26.1. The average molecular weight is 618 g/mol. The predicted octanol–water partition coefficient (Wildman–Crippen LogP) is 6.89. The van der Waals surface area contributed by atoms with E-state index in [1.807, 2.05) is 39.1 Å². The molecule has 2 heterocycles. The summed E-state index contributed by atoms with van der Waals surface area (Å²) in [5.74, 6) is -1.32. The molecule has 1 amide bonds. The van der Waals surface area contributed by atoms with E-state index in [-0.39, 0.29) is 34.0 Å². The van der Waals surface area contributed by atoms with Crippen molar-refractivity contribution < 1.29 is 23.5 Å². The van der Waals surface area contributed by atoms with E-state index in [1.165, 1.54) is 16.7 Å². The SMILES string of the molecule is CCOC(=O)c1cc2c(-c3cccc(NC(=O)c4ccc(C5CC5)cc4F)c3CCC(C)(C)[Si](C)(C)O)cn(C)c(=O)c2[nH]1. The number of hydrogen-bond donors (Lipinski definition) is 3. The molecule has 0 radical (unpaired) electrons. The predicted molar refractivity (Wildman–Crippen MR) is 173 cm³/mol. The van der Waals surface area contributed by atoms with Crippen molar-refractivity contribution in [2.24, 2.45) is 7.05 Å². The van der Waals surface area contributed by atoms with Gasteiger partial charge in [-0.25, -0.2) is 9.18 Å². The number of benzene rings is 2. The van der Waals surface area contributed by atoms with Gasteiger partial charge in [0.05, 0.1) is 12.2 Å². The van der Waals surface area contributed by atoms with E-state index in [0.717, 1.165) is 29.5 Å². The second kappa shape index (κ2) is 11.8. The summed E-state index contributed by atoms with van der Waals surface area (Å²) >= 11 is 0. The summed E-state index contributed by atoms with van der Waals surface area (Å²) in [5, 5.41) is 3.13. The highest BCUT2D eigenvalue weighted by molar-refractivity contribution is 6.72. The molecule has 4 aromatic rings. The summed E-state index contributed by atoms with van der Waals surface area (Å²) in [6.07, 6.45) is 4.88. The summed E-state index contributed by atoms with van der Waals surface area (Å²) in [7, 11) is -0.933. The maximum absolute atomic E-state index is 15.1. The minimum Gasteiger partial charge on any atom is -0.461 e. The second-order valence-corrected chi connectivity index (χ2v) is 17.4. The lowest BCUT2D eigenvalue weighted by Gasteiger charge is -2.35. The summed E-state index contributed by atoms with van der Waals surface area (Å²) in [6, 6.07) is 11.9. The fraction of sp³-hybridized carbons (Fsp3) is 0.382. The Morgan fingerprint density at radius 1 is 1.16 bits per heavy atom. The molecule has 0 bridgehead atoms. The fourth-order valence-electron chi connectivity index (χ4n) is 5.41. The molecule has 1 saturated carbocycles. The fourth-order valence-corrected chi connectivity index (χ4v) is 6.15. The van der Waals surface area contributed by atoms with Crippen LogP contribution in [0.3, 0.4) is 0 Å². The standard InChI is InChI=1S/C34H40FN3O5Si/c1-7-43-33(41)29-18-25-26(19-38(4)32(40)30(25)36-29)22-9-8-10-28(23(22)15-16-34(2,3)44(5,6)42)37-31(39)24-14-13-21(17-27(24)35)20-11-12-20/h8-10,13-14,17-20,36,42H,7,11-12,15-16H2,1-6H3,(H,37,39). The Morgan fingerprint density at radius 3 is 2.52 bits per heavy atom. The molecule has 0 saturated heterocycles. The van der Waals surface area contributed by atoms with Crippen LogP contribution in [-0.4, -0.2) is 41.1 Å². The Kier molecular flexibility index (Phi) is 8.43. The van der Waals surface area contributed by atoms with E-state index in [0.29, 0.717) is 35.4 Å². The van der Waals surface area contributed by atoms with Gasteiger partial charge in [0.2, 0.25) is 0 Å². The number of amides is 1. The summed E-state index contributed by atoms with van der Waals surface area (Å²) in [5.41, 5.74) is 3.71. The van der Waals surface area contributed by atoms with Crippen LogP contribution in [0.25, 0.3) is 22.0 Å². The number of esters is 1. The lowest BCUT2D eigenvalue weighted by molar-refractivity contribution is 0.0520. The van der Waals surface area contributed by atoms with Crippen molar-refractivity contribution in [3.63, 3.8) is 0 Å². The third kappa shape index (κ3) is 6.14. The lowest BCUT2D eigenvalue weighted by atomic mass is 9.91. The number of rotatable bonds is 10. The van der Waals surface area contributed by atoms with Gasteiger partial charge in [0, 0.05) is 29.9 Å². The highest BCUT2D eigenvalue weighted by Crippen LogP contribution is 2.43. The Balaban J connectivity index is 1.63. The number of nitrogens with zero attached hydrogens (tertiary/aromatic N) is 1. The molecule has 10 heteroatoms. The van der Waals surface area contributed by atoms with Gasteiger partial charge in [-0.15, -0.1) is 0 Å². The topological polar surface area (TPSA) is 113 Å². The number of hydrogen-bond acceptors (Lipinski definition) is 5. The van der Waals surface area contributed by atoms with E-state index < -0.39 is 26.0 Å². The second-order valence-electron chi connectivity index (χ2n) is 12.9. The quantitative estimate of drug-likeness (QED) is 0.133. The number of aryl methyl sites for hydroxylation is 1. The number of aromatic nitrogens is 2. The van der Waals surface area contributed by atoms with Crippen molar-refractivity contribution >= 4 is 36.8 Å². The smallest absolute Gasteiger partial charge is 0.354 e. The van der Waals surface area contributed by atoms with Crippen molar-refractivity contribution in [3.05, 3.63) is 87.2 Å². The Labute approximate surface area is 257 Å². The number of carbonyl (C=O) groups excluding carboxylic acids is 2. The maximum atomic E-state index is 15.1.